The van der Waals surface area contributed by atoms with E-state index >= 15 is 0 Å². The van der Waals surface area contributed by atoms with Crippen molar-refractivity contribution < 1.29 is 19.7 Å². The van der Waals surface area contributed by atoms with E-state index in [2.05, 4.69) is 16.7 Å². The SMILES string of the molecule is CC1(C(=O)O)CC(c2c(C3CCOCC3)n(-c3ccccc3)c3ccc(O)cc23)C1. The topological polar surface area (TPSA) is 71.7 Å². The quantitative estimate of drug-likeness (QED) is 0.626. The van der Waals surface area contributed by atoms with Crippen molar-refractivity contribution in [3.63, 3.8) is 0 Å². The van der Waals surface area contributed by atoms with Crippen LogP contribution >= 0.6 is 0 Å². The molecular weight excluding hydrogens is 378 g/mol. The van der Waals surface area contributed by atoms with Gasteiger partial charge in [-0.15, -0.1) is 0 Å². The zero-order valence-electron chi connectivity index (χ0n) is 17.2. The molecule has 2 aromatic carbocycles. The van der Waals surface area contributed by atoms with Crippen LogP contribution in [0.1, 0.15) is 55.7 Å². The van der Waals surface area contributed by atoms with Crippen LogP contribution in [0.15, 0.2) is 48.5 Å². The van der Waals surface area contributed by atoms with E-state index in [0.29, 0.717) is 18.8 Å². The number of carboxylic acids is 1. The van der Waals surface area contributed by atoms with Gasteiger partial charge in [0, 0.05) is 35.9 Å². The molecule has 5 nitrogen and oxygen atoms in total. The molecule has 0 radical (unpaired) electrons. The lowest BCUT2D eigenvalue weighted by atomic mass is 9.60. The van der Waals surface area contributed by atoms with E-state index in [4.69, 9.17) is 4.74 Å². The lowest BCUT2D eigenvalue weighted by molar-refractivity contribution is -0.154. The number of phenolic OH excluding ortho intramolecular Hbond substituents is 1. The Bertz CT molecular complexity index is 1090. The first-order chi connectivity index (χ1) is 14.5. The molecule has 2 heterocycles. The Morgan fingerprint density at radius 3 is 2.43 bits per heavy atom. The molecular formula is C25H27NO4. The molecule has 0 bridgehead atoms. The van der Waals surface area contributed by atoms with Gasteiger partial charge in [-0.1, -0.05) is 18.2 Å². The second-order valence-electron chi connectivity index (χ2n) is 9.03. The summed E-state index contributed by atoms with van der Waals surface area (Å²) in [7, 11) is 0. The van der Waals surface area contributed by atoms with E-state index in [-0.39, 0.29) is 11.7 Å². The molecule has 3 aromatic rings. The molecule has 0 spiro atoms. The van der Waals surface area contributed by atoms with Crippen LogP contribution in [0.5, 0.6) is 5.75 Å². The van der Waals surface area contributed by atoms with Gasteiger partial charge < -0.3 is 19.5 Å². The minimum atomic E-state index is -0.721. The van der Waals surface area contributed by atoms with E-state index < -0.39 is 11.4 Å². The Hall–Kier alpha value is -2.79. The zero-order valence-corrected chi connectivity index (χ0v) is 17.2. The number of aromatic nitrogens is 1. The summed E-state index contributed by atoms with van der Waals surface area (Å²) in [6.45, 7) is 3.32. The zero-order chi connectivity index (χ0) is 20.9. The number of nitrogens with zero attached hydrogens (tertiary/aromatic N) is 1. The molecule has 1 saturated heterocycles. The van der Waals surface area contributed by atoms with Crippen LogP contribution < -0.4 is 0 Å². The number of para-hydroxylation sites is 1. The maximum Gasteiger partial charge on any atom is 0.309 e. The highest BCUT2D eigenvalue weighted by molar-refractivity contribution is 5.90. The number of rotatable bonds is 4. The van der Waals surface area contributed by atoms with E-state index in [9.17, 15) is 15.0 Å². The van der Waals surface area contributed by atoms with Crippen molar-refractivity contribution in [2.45, 2.75) is 44.4 Å². The monoisotopic (exact) mass is 405 g/mol. The van der Waals surface area contributed by atoms with E-state index in [1.165, 1.54) is 11.3 Å². The van der Waals surface area contributed by atoms with E-state index in [1.807, 2.05) is 37.3 Å². The molecule has 5 rings (SSSR count). The number of ether oxygens (including phenoxy) is 1. The average Bonchev–Trinajstić information content (AvgIpc) is 3.06. The van der Waals surface area contributed by atoms with Gasteiger partial charge in [0.25, 0.3) is 0 Å². The third-order valence-electron chi connectivity index (χ3n) is 6.97. The van der Waals surface area contributed by atoms with Crippen molar-refractivity contribution in [2.24, 2.45) is 5.41 Å². The van der Waals surface area contributed by atoms with Crippen molar-refractivity contribution in [3.8, 4) is 11.4 Å². The summed E-state index contributed by atoms with van der Waals surface area (Å²) in [6, 6.07) is 15.9. The van der Waals surface area contributed by atoms with Crippen LogP contribution in [-0.4, -0.2) is 34.0 Å². The van der Waals surface area contributed by atoms with Crippen molar-refractivity contribution in [3.05, 3.63) is 59.8 Å². The normalized spacial score (nSPS) is 24.6. The predicted octanol–water partition coefficient (Wildman–Crippen LogP) is 5.20. The number of aliphatic carboxylic acids is 1. The Labute approximate surface area is 175 Å². The first-order valence-electron chi connectivity index (χ1n) is 10.7. The lowest BCUT2D eigenvalue weighted by Gasteiger charge is -2.43. The largest absolute Gasteiger partial charge is 0.508 e. The fourth-order valence-electron chi connectivity index (χ4n) is 5.39. The smallest absolute Gasteiger partial charge is 0.309 e. The third kappa shape index (κ3) is 3.00. The van der Waals surface area contributed by atoms with Gasteiger partial charge in [0.1, 0.15) is 5.75 Å². The average molecular weight is 405 g/mol. The molecule has 0 amide bonds. The summed E-state index contributed by atoms with van der Waals surface area (Å²) in [5, 5.41) is 21.0. The van der Waals surface area contributed by atoms with Gasteiger partial charge in [-0.2, -0.15) is 0 Å². The van der Waals surface area contributed by atoms with Crippen molar-refractivity contribution in [1.82, 2.24) is 4.57 Å². The van der Waals surface area contributed by atoms with Crippen LogP contribution in [0.3, 0.4) is 0 Å². The summed E-state index contributed by atoms with van der Waals surface area (Å²) < 4.78 is 7.97. The van der Waals surface area contributed by atoms with Gasteiger partial charge in [-0.3, -0.25) is 4.79 Å². The number of hydrogen-bond acceptors (Lipinski definition) is 3. The van der Waals surface area contributed by atoms with Crippen molar-refractivity contribution in [2.75, 3.05) is 13.2 Å². The fourth-order valence-corrected chi connectivity index (χ4v) is 5.39. The summed E-state index contributed by atoms with van der Waals surface area (Å²) >= 11 is 0. The summed E-state index contributed by atoms with van der Waals surface area (Å²) in [5.41, 5.74) is 3.98. The molecule has 30 heavy (non-hydrogen) atoms. The minimum absolute atomic E-state index is 0.179. The van der Waals surface area contributed by atoms with E-state index in [0.717, 1.165) is 42.6 Å². The Morgan fingerprint density at radius 1 is 1.07 bits per heavy atom. The number of phenols is 1. The van der Waals surface area contributed by atoms with Crippen LogP contribution in [0, 0.1) is 5.41 Å². The number of hydrogen-bond donors (Lipinski definition) is 2. The lowest BCUT2D eigenvalue weighted by Crippen LogP contribution is -2.40. The van der Waals surface area contributed by atoms with Crippen molar-refractivity contribution >= 4 is 16.9 Å². The number of carboxylic acid groups (broad SMARTS) is 1. The molecule has 1 saturated carbocycles. The predicted molar refractivity (Wildman–Crippen MR) is 115 cm³/mol. The van der Waals surface area contributed by atoms with Crippen LogP contribution in [0.2, 0.25) is 0 Å². The molecule has 1 aliphatic heterocycles. The highest BCUT2D eigenvalue weighted by Crippen LogP contribution is 2.55. The van der Waals surface area contributed by atoms with Gasteiger partial charge in [0.05, 0.1) is 10.9 Å². The van der Waals surface area contributed by atoms with Gasteiger partial charge in [-0.25, -0.2) is 0 Å². The highest BCUT2D eigenvalue weighted by atomic mass is 16.5. The Balaban J connectivity index is 1.75. The number of carbonyl (C=O) groups is 1. The molecule has 0 unspecified atom stereocenters. The molecule has 2 fully saturated rings. The molecule has 2 N–H and O–H groups in total. The molecule has 156 valence electrons. The standard InChI is InChI=1S/C25H27NO4/c1-25(24(28)29)14-17(15-25)22-20-13-19(27)7-8-21(20)26(18-5-3-2-4-6-18)23(22)16-9-11-30-12-10-16/h2-8,13,16-17,27H,9-12,14-15H2,1H3,(H,28,29). The first kappa shape index (κ1) is 19.2. The van der Waals surface area contributed by atoms with Crippen LogP contribution in [0.4, 0.5) is 0 Å². The van der Waals surface area contributed by atoms with E-state index in [1.54, 1.807) is 6.07 Å². The Morgan fingerprint density at radius 2 is 1.77 bits per heavy atom. The minimum Gasteiger partial charge on any atom is -0.508 e. The third-order valence-corrected chi connectivity index (χ3v) is 6.97. The second-order valence-corrected chi connectivity index (χ2v) is 9.03. The first-order valence-corrected chi connectivity index (χ1v) is 10.7. The van der Waals surface area contributed by atoms with Gasteiger partial charge >= 0.3 is 5.97 Å². The number of benzene rings is 2. The highest BCUT2D eigenvalue weighted by Gasteiger charge is 2.49. The van der Waals surface area contributed by atoms with Gasteiger partial charge in [0.2, 0.25) is 0 Å². The molecule has 0 atom stereocenters. The maximum absolute atomic E-state index is 11.7. The Kier molecular flexibility index (Phi) is 4.58. The van der Waals surface area contributed by atoms with Gasteiger partial charge in [0.15, 0.2) is 0 Å². The maximum atomic E-state index is 11.7. The molecule has 1 aromatic heterocycles. The summed E-state index contributed by atoms with van der Waals surface area (Å²) in [4.78, 5) is 11.7. The number of fused-ring (bicyclic) bond motifs is 1. The van der Waals surface area contributed by atoms with Gasteiger partial charge in [-0.05, 0) is 74.4 Å². The molecule has 2 aliphatic rings. The van der Waals surface area contributed by atoms with Crippen LogP contribution in [0.25, 0.3) is 16.6 Å². The second kappa shape index (κ2) is 7.17. The molecule has 5 heteroatoms. The fraction of sp³-hybridized carbons (Fsp3) is 0.400. The number of aromatic hydroxyl groups is 1. The molecule has 1 aliphatic carbocycles. The van der Waals surface area contributed by atoms with Crippen LogP contribution in [-0.2, 0) is 9.53 Å². The van der Waals surface area contributed by atoms with Crippen molar-refractivity contribution in [1.29, 1.82) is 0 Å². The summed E-state index contributed by atoms with van der Waals surface area (Å²) in [5.74, 6) is 0.0483. The summed E-state index contributed by atoms with van der Waals surface area (Å²) in [6.07, 6.45) is 3.15.